The largest absolute Gasteiger partial charge is 0.467 e. The summed E-state index contributed by atoms with van der Waals surface area (Å²) in [6, 6.07) is 13.6. The van der Waals surface area contributed by atoms with E-state index in [0.29, 0.717) is 31.4 Å². The van der Waals surface area contributed by atoms with Crippen molar-refractivity contribution in [3.8, 4) is 0 Å². The van der Waals surface area contributed by atoms with E-state index in [1.165, 1.54) is 5.56 Å². The lowest BCUT2D eigenvalue weighted by atomic mass is 10.1. The van der Waals surface area contributed by atoms with Gasteiger partial charge in [-0.15, -0.1) is 24.0 Å². The first-order valence-corrected chi connectivity index (χ1v) is 9.04. The Bertz CT molecular complexity index is 834. The van der Waals surface area contributed by atoms with Gasteiger partial charge in [-0.2, -0.15) is 5.10 Å². The second-order valence-corrected chi connectivity index (χ2v) is 6.08. The van der Waals surface area contributed by atoms with Crippen molar-refractivity contribution in [1.29, 1.82) is 0 Å². The minimum atomic E-state index is -0.726. The molecule has 0 saturated heterocycles. The molecule has 0 saturated carbocycles. The predicted molar refractivity (Wildman–Crippen MR) is 120 cm³/mol. The van der Waals surface area contributed by atoms with Crippen LogP contribution in [0.4, 0.5) is 0 Å². The summed E-state index contributed by atoms with van der Waals surface area (Å²) < 4.78 is 7.12. The average molecular weight is 495 g/mol. The highest BCUT2D eigenvalue weighted by Crippen LogP contribution is 2.13. The fourth-order valence-electron chi connectivity index (χ4n) is 2.72. The molecule has 1 unspecified atom stereocenters. The third-order valence-corrected chi connectivity index (χ3v) is 4.10. The maximum Gasteiger partial charge on any atom is 0.191 e. The zero-order valence-corrected chi connectivity index (χ0v) is 18.1. The number of rotatable bonds is 8. The molecule has 2 aromatic heterocycles. The number of nitrogens with zero attached hydrogens (tertiary/aromatic N) is 3. The summed E-state index contributed by atoms with van der Waals surface area (Å²) in [5.41, 5.74) is 2.31. The Morgan fingerprint density at radius 3 is 2.68 bits per heavy atom. The van der Waals surface area contributed by atoms with Gasteiger partial charge in [-0.1, -0.05) is 24.3 Å². The lowest BCUT2D eigenvalue weighted by molar-refractivity contribution is 0.153. The molecule has 0 spiro atoms. The molecule has 0 amide bonds. The monoisotopic (exact) mass is 495 g/mol. The molecular weight excluding hydrogens is 469 g/mol. The van der Waals surface area contributed by atoms with Gasteiger partial charge in [0.15, 0.2) is 5.96 Å². The van der Waals surface area contributed by atoms with Gasteiger partial charge in [0.1, 0.15) is 11.9 Å². The van der Waals surface area contributed by atoms with Crippen molar-refractivity contribution in [2.75, 3.05) is 13.1 Å². The van der Waals surface area contributed by atoms with Crippen LogP contribution in [0.5, 0.6) is 0 Å². The molecule has 0 radical (unpaired) electrons. The maximum absolute atomic E-state index is 10.2. The molecule has 28 heavy (non-hydrogen) atoms. The molecular formula is C20H26IN5O2. The summed E-state index contributed by atoms with van der Waals surface area (Å²) in [5.74, 6) is 1.18. The van der Waals surface area contributed by atoms with E-state index in [1.54, 1.807) is 24.6 Å². The van der Waals surface area contributed by atoms with Crippen LogP contribution >= 0.6 is 24.0 Å². The number of aliphatic hydroxyl groups is 1. The first-order valence-electron chi connectivity index (χ1n) is 9.04. The molecule has 1 atom stereocenters. The van der Waals surface area contributed by atoms with E-state index in [1.807, 2.05) is 36.0 Å². The lowest BCUT2D eigenvalue weighted by Gasteiger charge is -2.14. The first kappa shape index (κ1) is 22.0. The van der Waals surface area contributed by atoms with Crippen LogP contribution < -0.4 is 10.6 Å². The lowest BCUT2D eigenvalue weighted by Crippen LogP contribution is -2.39. The van der Waals surface area contributed by atoms with Crippen molar-refractivity contribution in [1.82, 2.24) is 20.4 Å². The van der Waals surface area contributed by atoms with E-state index in [2.05, 4.69) is 32.9 Å². The Morgan fingerprint density at radius 1 is 1.18 bits per heavy atom. The molecule has 1 aromatic carbocycles. The number of aliphatic hydroxyl groups excluding tert-OH is 1. The summed E-state index contributed by atoms with van der Waals surface area (Å²) in [5, 5.41) is 20.8. The molecule has 150 valence electrons. The third-order valence-electron chi connectivity index (χ3n) is 4.10. The molecule has 0 bridgehead atoms. The summed E-state index contributed by atoms with van der Waals surface area (Å²) in [6.07, 6.45) is 4.55. The summed E-state index contributed by atoms with van der Waals surface area (Å²) in [4.78, 5) is 4.65. The summed E-state index contributed by atoms with van der Waals surface area (Å²) in [7, 11) is 0. The number of benzene rings is 1. The van der Waals surface area contributed by atoms with E-state index >= 15 is 0 Å². The van der Waals surface area contributed by atoms with Crippen LogP contribution in [-0.2, 0) is 13.1 Å². The van der Waals surface area contributed by atoms with E-state index in [0.717, 1.165) is 12.1 Å². The second kappa shape index (κ2) is 11.5. The number of furan rings is 1. The zero-order chi connectivity index (χ0) is 18.9. The van der Waals surface area contributed by atoms with Crippen LogP contribution in [0.15, 0.2) is 70.5 Å². The molecule has 0 aliphatic carbocycles. The van der Waals surface area contributed by atoms with Crippen LogP contribution in [0.25, 0.3) is 0 Å². The zero-order valence-electron chi connectivity index (χ0n) is 15.8. The highest BCUT2D eigenvalue weighted by Gasteiger charge is 2.11. The molecule has 3 aromatic rings. The van der Waals surface area contributed by atoms with Gasteiger partial charge in [0, 0.05) is 18.9 Å². The van der Waals surface area contributed by atoms with Crippen molar-refractivity contribution in [2.45, 2.75) is 26.1 Å². The van der Waals surface area contributed by atoms with E-state index in [-0.39, 0.29) is 24.0 Å². The Balaban J connectivity index is 0.00000280. The predicted octanol–water partition coefficient (Wildman–Crippen LogP) is 2.93. The van der Waals surface area contributed by atoms with Gasteiger partial charge >= 0.3 is 0 Å². The van der Waals surface area contributed by atoms with Crippen LogP contribution in [0.3, 0.4) is 0 Å². The topological polar surface area (TPSA) is 87.6 Å². The highest BCUT2D eigenvalue weighted by atomic mass is 127. The van der Waals surface area contributed by atoms with Crippen molar-refractivity contribution in [3.05, 3.63) is 78.0 Å². The molecule has 8 heteroatoms. The van der Waals surface area contributed by atoms with Crippen molar-refractivity contribution in [3.63, 3.8) is 0 Å². The van der Waals surface area contributed by atoms with E-state index in [9.17, 15) is 5.11 Å². The van der Waals surface area contributed by atoms with Crippen LogP contribution in [0.2, 0.25) is 0 Å². The average Bonchev–Trinajstić information content (AvgIpc) is 3.39. The SMILES string of the molecule is CCNC(=NCc1ccccc1Cn1cccn1)NCC(O)c1ccco1.I. The van der Waals surface area contributed by atoms with Gasteiger partial charge in [0.2, 0.25) is 0 Å². The summed E-state index contributed by atoms with van der Waals surface area (Å²) >= 11 is 0. The van der Waals surface area contributed by atoms with Gasteiger partial charge in [-0.3, -0.25) is 4.68 Å². The number of nitrogens with one attached hydrogen (secondary N) is 2. The number of aromatic nitrogens is 2. The van der Waals surface area contributed by atoms with Gasteiger partial charge < -0.3 is 20.2 Å². The van der Waals surface area contributed by atoms with Crippen LogP contribution in [-0.4, -0.2) is 33.9 Å². The molecule has 0 aliphatic rings. The van der Waals surface area contributed by atoms with E-state index in [4.69, 9.17) is 4.42 Å². The van der Waals surface area contributed by atoms with Crippen LogP contribution in [0, 0.1) is 0 Å². The van der Waals surface area contributed by atoms with Gasteiger partial charge in [-0.25, -0.2) is 4.99 Å². The Morgan fingerprint density at radius 2 is 2.00 bits per heavy atom. The minimum absolute atomic E-state index is 0. The van der Waals surface area contributed by atoms with Crippen LogP contribution in [0.1, 0.15) is 29.9 Å². The molecule has 3 rings (SSSR count). The Hall–Kier alpha value is -2.33. The standard InChI is InChI=1S/C20H25N5O2.HI/c1-2-21-20(23-14-18(26)19-9-5-12-27-19)22-13-16-7-3-4-8-17(16)15-25-11-6-10-24-25;/h3-12,18,26H,2,13-15H2,1H3,(H2,21,22,23);1H. The smallest absolute Gasteiger partial charge is 0.191 e. The number of halogens is 1. The molecule has 0 aliphatic heterocycles. The summed E-state index contributed by atoms with van der Waals surface area (Å²) in [6.45, 7) is 4.29. The molecule has 7 nitrogen and oxygen atoms in total. The fourth-order valence-corrected chi connectivity index (χ4v) is 2.72. The quantitative estimate of drug-likeness (QED) is 0.254. The Kier molecular flexibility index (Phi) is 9.02. The fraction of sp³-hybridized carbons (Fsp3) is 0.300. The van der Waals surface area contributed by atoms with E-state index < -0.39 is 6.10 Å². The molecule has 0 fully saturated rings. The number of hydrogen-bond donors (Lipinski definition) is 3. The van der Waals surface area contributed by atoms with Gasteiger partial charge in [0.05, 0.1) is 25.9 Å². The normalized spacial score (nSPS) is 12.3. The molecule has 3 N–H and O–H groups in total. The molecule has 2 heterocycles. The van der Waals surface area contributed by atoms with Gasteiger partial charge in [0.25, 0.3) is 0 Å². The number of hydrogen-bond acceptors (Lipinski definition) is 4. The van der Waals surface area contributed by atoms with Crippen molar-refractivity contribution < 1.29 is 9.52 Å². The number of aliphatic imine (C=N–C) groups is 1. The minimum Gasteiger partial charge on any atom is -0.467 e. The van der Waals surface area contributed by atoms with Gasteiger partial charge in [-0.05, 0) is 36.2 Å². The third kappa shape index (κ3) is 6.38. The maximum atomic E-state index is 10.2. The second-order valence-electron chi connectivity index (χ2n) is 6.08. The Labute approximate surface area is 181 Å². The first-order chi connectivity index (χ1) is 13.3. The van der Waals surface area contributed by atoms with Crippen molar-refractivity contribution in [2.24, 2.45) is 4.99 Å². The van der Waals surface area contributed by atoms with Crippen molar-refractivity contribution >= 4 is 29.9 Å². The highest BCUT2D eigenvalue weighted by molar-refractivity contribution is 14.0. The number of guanidine groups is 1.